The molecule has 3 fully saturated rings. The van der Waals surface area contributed by atoms with Crippen molar-refractivity contribution in [1.29, 1.82) is 0 Å². The van der Waals surface area contributed by atoms with Crippen LogP contribution in [0.15, 0.2) is 6.20 Å². The number of carbonyl (C=O) groups is 1. The van der Waals surface area contributed by atoms with Crippen molar-refractivity contribution >= 4 is 5.91 Å². The molecule has 0 atom stereocenters. The van der Waals surface area contributed by atoms with Crippen LogP contribution in [0, 0.1) is 17.8 Å². The van der Waals surface area contributed by atoms with Crippen molar-refractivity contribution in [1.82, 2.24) is 14.9 Å². The molecule has 4 heteroatoms. The van der Waals surface area contributed by atoms with Gasteiger partial charge in [0.1, 0.15) is 5.82 Å². The topological polar surface area (TPSA) is 46.1 Å². The third-order valence-electron chi connectivity index (χ3n) is 7.14. The highest BCUT2D eigenvalue weighted by Crippen LogP contribution is 2.43. The summed E-state index contributed by atoms with van der Waals surface area (Å²) in [4.78, 5) is 24.4. The maximum Gasteiger partial charge on any atom is 0.225 e. The van der Waals surface area contributed by atoms with Gasteiger partial charge in [-0.1, -0.05) is 19.3 Å². The molecular formula is C21H29N3O. The van der Waals surface area contributed by atoms with Gasteiger partial charge in [0, 0.05) is 43.1 Å². The average Bonchev–Trinajstić information content (AvgIpc) is 3.44. The zero-order chi connectivity index (χ0) is 16.8. The molecule has 5 rings (SSSR count). The molecule has 1 amide bonds. The van der Waals surface area contributed by atoms with Gasteiger partial charge in [0.15, 0.2) is 0 Å². The van der Waals surface area contributed by atoms with Crippen LogP contribution < -0.4 is 0 Å². The number of carbonyl (C=O) groups excluding carboxylic acids is 1. The second-order valence-electron chi connectivity index (χ2n) is 8.79. The number of amides is 1. The number of fused-ring (bicyclic) bond motifs is 1. The fourth-order valence-electron chi connectivity index (χ4n) is 5.06. The fourth-order valence-corrected chi connectivity index (χ4v) is 5.06. The molecule has 4 aliphatic rings. The van der Waals surface area contributed by atoms with Gasteiger partial charge in [-0.2, -0.15) is 0 Å². The quantitative estimate of drug-likeness (QED) is 0.840. The van der Waals surface area contributed by atoms with Gasteiger partial charge in [0.25, 0.3) is 0 Å². The van der Waals surface area contributed by atoms with Crippen LogP contribution >= 0.6 is 0 Å². The Morgan fingerprint density at radius 3 is 2.44 bits per heavy atom. The van der Waals surface area contributed by atoms with Crippen molar-refractivity contribution in [3.8, 4) is 0 Å². The van der Waals surface area contributed by atoms with E-state index in [0.29, 0.717) is 11.8 Å². The Morgan fingerprint density at radius 1 is 1.00 bits per heavy atom. The van der Waals surface area contributed by atoms with E-state index in [0.717, 1.165) is 50.0 Å². The summed E-state index contributed by atoms with van der Waals surface area (Å²) in [6, 6.07) is 0. The molecule has 134 valence electrons. The maximum atomic E-state index is 13.0. The van der Waals surface area contributed by atoms with Crippen molar-refractivity contribution in [3.63, 3.8) is 0 Å². The number of nitrogens with zero attached hydrogens (tertiary/aromatic N) is 3. The molecular weight excluding hydrogens is 310 g/mol. The second-order valence-corrected chi connectivity index (χ2v) is 8.79. The molecule has 1 aromatic heterocycles. The largest absolute Gasteiger partial charge is 0.338 e. The van der Waals surface area contributed by atoms with E-state index in [9.17, 15) is 4.79 Å². The monoisotopic (exact) mass is 339 g/mol. The molecule has 0 bridgehead atoms. The van der Waals surface area contributed by atoms with E-state index in [1.807, 2.05) is 6.20 Å². The summed E-state index contributed by atoms with van der Waals surface area (Å²) in [5.41, 5.74) is 2.36. The third kappa shape index (κ3) is 3.09. The highest BCUT2D eigenvalue weighted by Gasteiger charge is 2.35. The smallest absolute Gasteiger partial charge is 0.225 e. The van der Waals surface area contributed by atoms with Crippen LogP contribution in [-0.4, -0.2) is 27.3 Å². The summed E-state index contributed by atoms with van der Waals surface area (Å²) in [6.45, 7) is 1.57. The first-order valence-electron chi connectivity index (χ1n) is 10.4. The van der Waals surface area contributed by atoms with Crippen molar-refractivity contribution < 1.29 is 4.79 Å². The molecule has 0 aromatic carbocycles. The summed E-state index contributed by atoms with van der Waals surface area (Å²) >= 11 is 0. The van der Waals surface area contributed by atoms with Crippen molar-refractivity contribution in [2.24, 2.45) is 17.8 Å². The number of hydrogen-bond donors (Lipinski definition) is 0. The first kappa shape index (κ1) is 15.8. The molecule has 0 radical (unpaired) electrons. The first-order chi connectivity index (χ1) is 12.3. The lowest BCUT2D eigenvalue weighted by Gasteiger charge is -2.39. The molecule has 1 aromatic rings. The standard InChI is InChI=1S/C21H29N3O/c25-21(17-8-4-15(5-9-17)14-2-1-3-14)24-11-10-19-18(13-24)12-22-20(23-19)16-6-7-16/h12,14-17H,1-11,13H2. The number of hydrogen-bond acceptors (Lipinski definition) is 3. The molecule has 0 unspecified atom stereocenters. The van der Waals surface area contributed by atoms with Crippen molar-refractivity contribution in [3.05, 3.63) is 23.3 Å². The van der Waals surface area contributed by atoms with Gasteiger partial charge in [0.05, 0.1) is 5.69 Å². The lowest BCUT2D eigenvalue weighted by atomic mass is 9.68. The molecule has 2 heterocycles. The molecule has 1 aliphatic heterocycles. The van der Waals surface area contributed by atoms with Gasteiger partial charge in [-0.05, 0) is 50.4 Å². The van der Waals surface area contributed by atoms with Crippen LogP contribution in [0.3, 0.4) is 0 Å². The molecule has 0 saturated heterocycles. The third-order valence-corrected chi connectivity index (χ3v) is 7.14. The fraction of sp³-hybridized carbons (Fsp3) is 0.762. The van der Waals surface area contributed by atoms with Gasteiger partial charge >= 0.3 is 0 Å². The summed E-state index contributed by atoms with van der Waals surface area (Å²) in [6.07, 6.45) is 14.5. The van der Waals surface area contributed by atoms with E-state index in [-0.39, 0.29) is 5.92 Å². The van der Waals surface area contributed by atoms with Crippen LogP contribution in [-0.2, 0) is 17.8 Å². The van der Waals surface area contributed by atoms with Crippen LogP contribution in [0.4, 0.5) is 0 Å². The molecule has 0 spiro atoms. The van der Waals surface area contributed by atoms with E-state index in [4.69, 9.17) is 4.98 Å². The Morgan fingerprint density at radius 2 is 1.76 bits per heavy atom. The van der Waals surface area contributed by atoms with Gasteiger partial charge in [-0.15, -0.1) is 0 Å². The Bertz CT molecular complexity index is 657. The second kappa shape index (κ2) is 6.37. The van der Waals surface area contributed by atoms with Crippen LogP contribution in [0.2, 0.25) is 0 Å². The van der Waals surface area contributed by atoms with Gasteiger partial charge < -0.3 is 4.90 Å². The minimum Gasteiger partial charge on any atom is -0.338 e. The van der Waals surface area contributed by atoms with Crippen LogP contribution in [0.5, 0.6) is 0 Å². The highest BCUT2D eigenvalue weighted by molar-refractivity contribution is 5.79. The molecule has 25 heavy (non-hydrogen) atoms. The Balaban J connectivity index is 1.20. The van der Waals surface area contributed by atoms with Gasteiger partial charge in [-0.25, -0.2) is 9.97 Å². The van der Waals surface area contributed by atoms with Gasteiger partial charge in [0.2, 0.25) is 5.91 Å². The normalized spacial score (nSPS) is 29.8. The summed E-state index contributed by atoms with van der Waals surface area (Å²) in [5.74, 6) is 4.20. The first-order valence-corrected chi connectivity index (χ1v) is 10.4. The highest BCUT2D eigenvalue weighted by atomic mass is 16.2. The maximum absolute atomic E-state index is 13.0. The predicted octanol–water partition coefficient (Wildman–Crippen LogP) is 3.85. The average molecular weight is 339 g/mol. The van der Waals surface area contributed by atoms with E-state index >= 15 is 0 Å². The summed E-state index contributed by atoms with van der Waals surface area (Å²) < 4.78 is 0. The minimum atomic E-state index is 0.268. The van der Waals surface area contributed by atoms with E-state index in [2.05, 4.69) is 9.88 Å². The molecule has 3 saturated carbocycles. The Labute approximate surface area is 150 Å². The summed E-state index contributed by atoms with van der Waals surface area (Å²) in [5, 5.41) is 0. The molecule has 3 aliphatic carbocycles. The van der Waals surface area contributed by atoms with Crippen molar-refractivity contribution in [2.75, 3.05) is 6.54 Å². The van der Waals surface area contributed by atoms with E-state index < -0.39 is 0 Å². The SMILES string of the molecule is O=C(C1CCC(C2CCC2)CC1)N1CCc2nc(C3CC3)ncc2C1. The van der Waals surface area contributed by atoms with Crippen molar-refractivity contribution in [2.45, 2.75) is 76.7 Å². The Hall–Kier alpha value is -1.45. The predicted molar refractivity (Wildman–Crippen MR) is 95.9 cm³/mol. The number of aromatic nitrogens is 2. The lowest BCUT2D eigenvalue weighted by Crippen LogP contribution is -2.41. The van der Waals surface area contributed by atoms with Crippen LogP contribution in [0.1, 0.15) is 80.8 Å². The number of rotatable bonds is 3. The minimum absolute atomic E-state index is 0.268. The Kier molecular flexibility index (Phi) is 4.02. The lowest BCUT2D eigenvalue weighted by molar-refractivity contribution is -0.138. The zero-order valence-electron chi connectivity index (χ0n) is 15.1. The molecule has 0 N–H and O–H groups in total. The summed E-state index contributed by atoms with van der Waals surface area (Å²) in [7, 11) is 0. The van der Waals surface area contributed by atoms with E-state index in [1.54, 1.807) is 0 Å². The van der Waals surface area contributed by atoms with E-state index in [1.165, 1.54) is 56.2 Å². The zero-order valence-corrected chi connectivity index (χ0v) is 15.1. The molecule has 4 nitrogen and oxygen atoms in total. The van der Waals surface area contributed by atoms with Crippen LogP contribution in [0.25, 0.3) is 0 Å². The van der Waals surface area contributed by atoms with Gasteiger partial charge in [-0.3, -0.25) is 4.79 Å².